The summed E-state index contributed by atoms with van der Waals surface area (Å²) in [6.07, 6.45) is -2.33. The van der Waals surface area contributed by atoms with Crippen LogP contribution < -0.4 is 10.2 Å². The summed E-state index contributed by atoms with van der Waals surface area (Å²) in [4.78, 5) is 8.33. The molecule has 0 saturated heterocycles. The molecule has 13 heavy (non-hydrogen) atoms. The molecular weight excluding hydrogens is 570 g/mol. The standard InChI is InChI=1S/CH2O3.Cd.ClH.Hg.H2O4S.Zn/c2-1(3)4;;;;1-5(2,3)4;/h(H2,2,3,4);;1H;;(H2,1,2,3,4);/q;+2;;+1;;+2/p-5. The Morgan fingerprint density at radius 1 is 1.15 bits per heavy atom. The molecule has 0 atom stereocenters. The summed E-state index contributed by atoms with van der Waals surface area (Å²) < 4.78 is 34.1. The van der Waals surface area contributed by atoms with Crippen molar-refractivity contribution < 1.29 is 104 Å². The van der Waals surface area contributed by atoms with Crippen LogP contribution in [0.1, 0.15) is 0 Å². The van der Waals surface area contributed by atoms with Gasteiger partial charge in [0.15, 0.2) is 0 Å². The molecule has 0 aromatic carbocycles. The minimum atomic E-state index is -5.17. The van der Waals surface area contributed by atoms with Crippen LogP contribution in [0.15, 0.2) is 0 Å². The fraction of sp³-hybridized carbons (Fsp3) is 0. The molecule has 0 aliphatic carbocycles. The molecule has 0 heterocycles. The van der Waals surface area contributed by atoms with Crippen molar-refractivity contribution >= 4 is 24.8 Å². The largest absolute Gasteiger partial charge is 2.00 e. The predicted octanol–water partition coefficient (Wildman–Crippen LogP) is -3.10. The van der Waals surface area contributed by atoms with Gasteiger partial charge in [-0.3, -0.25) is 8.42 Å². The molecule has 0 aliphatic rings. The molecule has 0 aromatic heterocycles. The van der Waals surface area contributed by atoms with Crippen molar-refractivity contribution in [1.82, 2.24) is 0 Å². The first kappa shape index (κ1) is 29.4. The van der Waals surface area contributed by atoms with Crippen LogP contribution in [0.4, 0.5) is 4.79 Å². The van der Waals surface area contributed by atoms with E-state index in [0.717, 1.165) is 0 Å². The Morgan fingerprint density at radius 2 is 1.15 bits per heavy atom. The molecule has 65 valence electrons. The van der Waals surface area contributed by atoms with E-state index in [0.29, 0.717) is 24.9 Å². The Bertz CT molecular complexity index is 171. The van der Waals surface area contributed by atoms with Crippen LogP contribution in [0, 0.1) is 0 Å². The summed E-state index contributed by atoms with van der Waals surface area (Å²) in [5, 5.41) is 16.7. The van der Waals surface area contributed by atoms with Gasteiger partial charge in [0, 0.05) is 10.4 Å². The first-order chi connectivity index (χ1) is 4.73. The van der Waals surface area contributed by atoms with E-state index in [1.807, 2.05) is 0 Å². The first-order valence-corrected chi connectivity index (χ1v) is 9.65. The van der Waals surface area contributed by atoms with E-state index < -0.39 is 16.6 Å². The Kier molecular flexibility index (Phi) is 44.0. The van der Waals surface area contributed by atoms with E-state index >= 15 is 0 Å². The number of halogens is 1. The summed E-state index contributed by atoms with van der Waals surface area (Å²) in [6, 6.07) is 0. The summed E-state index contributed by atoms with van der Waals surface area (Å²) >= 11 is 0.500. The summed E-state index contributed by atoms with van der Waals surface area (Å²) in [7, 11) is -0.333. The maximum absolute atomic E-state index is 8.52. The van der Waals surface area contributed by atoms with Crippen LogP contribution in [-0.2, 0) is 82.1 Å². The van der Waals surface area contributed by atoms with Gasteiger partial charge in [0.25, 0.3) is 0 Å². The van der Waals surface area contributed by atoms with Crippen LogP contribution in [0.3, 0.4) is 0 Å². The van der Waals surface area contributed by atoms with Crippen LogP contribution in [-0.4, -0.2) is 23.7 Å². The number of carbonyl (C=O) groups excluding carboxylic acids is 1. The molecule has 0 aromatic rings. The SMILES string of the molecule is O=C([O-])[O-].O=S(=O)([O-])[O-].[Cd+2].[Cl][Hg].[Zn+2]. The second-order valence-corrected chi connectivity index (χ2v) is 1.47. The maximum Gasteiger partial charge on any atom is 2.00 e. The summed E-state index contributed by atoms with van der Waals surface area (Å²) in [6.45, 7) is 0. The number of hydrogen-bond acceptors (Lipinski definition) is 7. The van der Waals surface area contributed by atoms with Gasteiger partial charge in [-0.05, 0) is 6.16 Å². The summed E-state index contributed by atoms with van der Waals surface area (Å²) in [5.41, 5.74) is 0. The molecule has 0 N–H and O–H groups in total. The molecule has 0 spiro atoms. The van der Waals surface area contributed by atoms with E-state index in [2.05, 4.69) is 0 Å². The zero-order valence-electron chi connectivity index (χ0n) is 6.27. The summed E-state index contributed by atoms with van der Waals surface area (Å²) in [5.74, 6) is 0. The van der Waals surface area contributed by atoms with Crippen LogP contribution in [0.25, 0.3) is 0 Å². The smallest absolute Gasteiger partial charge is 2.00 e. The molecule has 0 bridgehead atoms. The van der Waals surface area contributed by atoms with Crippen LogP contribution in [0.5, 0.6) is 0 Å². The van der Waals surface area contributed by atoms with Crippen molar-refractivity contribution in [2.24, 2.45) is 0 Å². The molecule has 0 radical (unpaired) electrons. The monoisotopic (exact) mass is 571 g/mol. The Morgan fingerprint density at radius 3 is 1.15 bits per heavy atom. The van der Waals surface area contributed by atoms with Crippen molar-refractivity contribution in [3.05, 3.63) is 0 Å². The van der Waals surface area contributed by atoms with Gasteiger partial charge in [-0.1, -0.05) is 0 Å². The van der Waals surface area contributed by atoms with E-state index in [1.165, 1.54) is 0 Å². The van der Waals surface area contributed by atoms with Gasteiger partial charge in [0.05, 0.1) is 0 Å². The van der Waals surface area contributed by atoms with Crippen molar-refractivity contribution in [2.45, 2.75) is 0 Å². The number of carbonyl (C=O) groups is 1. The second-order valence-electron chi connectivity index (χ2n) is 0.658. The predicted molar refractivity (Wildman–Crippen MR) is 21.7 cm³/mol. The van der Waals surface area contributed by atoms with Gasteiger partial charge in [-0.2, -0.15) is 0 Å². The van der Waals surface area contributed by atoms with Gasteiger partial charge in [0.1, 0.15) is 0 Å². The third-order valence-corrected chi connectivity index (χ3v) is 0. The molecule has 12 heteroatoms. The molecular formula is CCdClHgO7SZn. The third-order valence-electron chi connectivity index (χ3n) is 0. The first-order valence-electron chi connectivity index (χ1n) is 1.55. The third kappa shape index (κ3) is 541. The number of rotatable bonds is 0. The van der Waals surface area contributed by atoms with E-state index in [9.17, 15) is 0 Å². The molecule has 0 amide bonds. The van der Waals surface area contributed by atoms with Crippen molar-refractivity contribution in [2.75, 3.05) is 0 Å². The molecule has 0 fully saturated rings. The number of hydrogen-bond donors (Lipinski definition) is 0. The maximum atomic E-state index is 8.52. The minimum absolute atomic E-state index is 0. The van der Waals surface area contributed by atoms with Gasteiger partial charge in [-0.15, -0.1) is 0 Å². The fourth-order valence-electron chi connectivity index (χ4n) is 0. The Balaban J connectivity index is -0.0000000246. The number of carboxylic acid groups (broad SMARTS) is 2. The second kappa shape index (κ2) is 19.5. The molecule has 0 rings (SSSR count). The van der Waals surface area contributed by atoms with E-state index in [-0.39, 0.29) is 46.8 Å². The fourth-order valence-corrected chi connectivity index (χ4v) is 0. The van der Waals surface area contributed by atoms with Gasteiger partial charge in [-0.25, -0.2) is 0 Å². The van der Waals surface area contributed by atoms with Gasteiger partial charge >= 0.3 is 79.9 Å². The average molecular weight is 570 g/mol. The van der Waals surface area contributed by atoms with Crippen molar-refractivity contribution in [3.63, 3.8) is 0 Å². The average Bonchev–Trinajstić information content (AvgIpc) is 1.63. The van der Waals surface area contributed by atoms with Crippen LogP contribution >= 0.6 is 8.25 Å². The van der Waals surface area contributed by atoms with Gasteiger partial charge in [0.2, 0.25) is 0 Å². The topological polar surface area (TPSA) is 143 Å². The van der Waals surface area contributed by atoms with E-state index in [1.54, 1.807) is 0 Å². The minimum Gasteiger partial charge on any atom is 2.00 e. The molecule has 0 unspecified atom stereocenters. The van der Waals surface area contributed by atoms with Crippen LogP contribution in [0.2, 0.25) is 0 Å². The molecule has 0 saturated carbocycles. The van der Waals surface area contributed by atoms with E-state index in [4.69, 9.17) is 40.8 Å². The van der Waals surface area contributed by atoms with Crippen molar-refractivity contribution in [1.29, 1.82) is 0 Å². The molecule has 0 aliphatic heterocycles. The quantitative estimate of drug-likeness (QED) is 0.171. The van der Waals surface area contributed by atoms with Gasteiger partial charge < -0.3 is 24.1 Å². The Hall–Kier alpha value is 1.91. The van der Waals surface area contributed by atoms with Crippen molar-refractivity contribution in [3.8, 4) is 0 Å². The molecule has 7 nitrogen and oxygen atoms in total. The zero-order valence-corrected chi connectivity index (χ0v) is 20.3. The Labute approximate surface area is 127 Å². The normalized spacial score (nSPS) is 6.85. The zero-order chi connectivity index (χ0) is 10.1.